The van der Waals surface area contributed by atoms with Gasteiger partial charge < -0.3 is 19.5 Å². The standard InChI is InChI=1S/C22H22N2O6/c1-2-13-29-20(25)18-19(30-22(27)28)24(15-17-11-7-4-8-12-17)21(26)23(18)14-16-9-5-3-6-10-16/h2-12,18-19H,1,13-15H2,(H,27,28)/t18-,19+/m0/s1. The van der Waals surface area contributed by atoms with E-state index in [1.807, 2.05) is 36.4 Å². The smallest absolute Gasteiger partial charge is 0.460 e. The van der Waals surface area contributed by atoms with E-state index in [-0.39, 0.29) is 19.7 Å². The molecule has 0 aliphatic carbocycles. The van der Waals surface area contributed by atoms with E-state index in [9.17, 15) is 19.5 Å². The molecule has 1 saturated heterocycles. The van der Waals surface area contributed by atoms with Crippen LogP contribution in [0.4, 0.5) is 9.59 Å². The van der Waals surface area contributed by atoms with Crippen molar-refractivity contribution >= 4 is 18.2 Å². The summed E-state index contributed by atoms with van der Waals surface area (Å²) in [6.45, 7) is 3.61. The highest BCUT2D eigenvalue weighted by Gasteiger charge is 2.52. The molecule has 0 unspecified atom stereocenters. The summed E-state index contributed by atoms with van der Waals surface area (Å²) >= 11 is 0. The summed E-state index contributed by atoms with van der Waals surface area (Å²) in [4.78, 5) is 39.9. The van der Waals surface area contributed by atoms with E-state index < -0.39 is 30.4 Å². The summed E-state index contributed by atoms with van der Waals surface area (Å²) in [5, 5.41) is 9.25. The maximum atomic E-state index is 13.2. The molecular formula is C22H22N2O6. The molecule has 1 heterocycles. The molecule has 1 fully saturated rings. The van der Waals surface area contributed by atoms with Crippen molar-refractivity contribution in [3.63, 3.8) is 0 Å². The van der Waals surface area contributed by atoms with Crippen molar-refractivity contribution in [2.24, 2.45) is 0 Å². The molecule has 30 heavy (non-hydrogen) atoms. The number of urea groups is 1. The van der Waals surface area contributed by atoms with Crippen molar-refractivity contribution in [2.75, 3.05) is 6.61 Å². The van der Waals surface area contributed by atoms with E-state index >= 15 is 0 Å². The van der Waals surface area contributed by atoms with Gasteiger partial charge in [-0.2, -0.15) is 0 Å². The van der Waals surface area contributed by atoms with Crippen LogP contribution in [0.1, 0.15) is 11.1 Å². The maximum Gasteiger partial charge on any atom is 0.507 e. The van der Waals surface area contributed by atoms with E-state index in [4.69, 9.17) is 9.47 Å². The lowest BCUT2D eigenvalue weighted by Crippen LogP contribution is -2.46. The van der Waals surface area contributed by atoms with Crippen LogP contribution in [0.2, 0.25) is 0 Å². The van der Waals surface area contributed by atoms with Crippen molar-refractivity contribution < 1.29 is 29.0 Å². The van der Waals surface area contributed by atoms with Gasteiger partial charge in [-0.05, 0) is 11.1 Å². The number of rotatable bonds is 8. The fraction of sp³-hybridized carbons (Fsp3) is 0.227. The zero-order chi connectivity index (χ0) is 21.5. The zero-order valence-corrected chi connectivity index (χ0v) is 16.2. The minimum atomic E-state index is -1.59. The summed E-state index contributed by atoms with van der Waals surface area (Å²) in [7, 11) is 0. The fourth-order valence-corrected chi connectivity index (χ4v) is 3.30. The second-order valence-electron chi connectivity index (χ2n) is 6.65. The second kappa shape index (κ2) is 9.60. The molecule has 0 saturated carbocycles. The molecule has 8 nitrogen and oxygen atoms in total. The molecule has 2 aromatic carbocycles. The molecule has 1 N–H and O–H groups in total. The summed E-state index contributed by atoms with van der Waals surface area (Å²) in [6, 6.07) is 16.4. The molecule has 3 rings (SSSR count). The normalized spacial score (nSPS) is 18.2. The highest BCUT2D eigenvalue weighted by atomic mass is 16.7. The number of hydrogen-bond donors (Lipinski definition) is 1. The molecule has 2 atom stereocenters. The number of carbonyl (C=O) groups is 3. The van der Waals surface area contributed by atoms with Crippen LogP contribution in [-0.4, -0.2) is 51.9 Å². The number of ether oxygens (including phenoxy) is 2. The molecule has 0 bridgehead atoms. The van der Waals surface area contributed by atoms with Crippen LogP contribution in [-0.2, 0) is 27.4 Å². The number of nitrogens with zero attached hydrogens (tertiary/aromatic N) is 2. The van der Waals surface area contributed by atoms with Crippen molar-refractivity contribution in [2.45, 2.75) is 25.4 Å². The minimum absolute atomic E-state index is 0.0683. The Balaban J connectivity index is 1.96. The van der Waals surface area contributed by atoms with Gasteiger partial charge in [-0.15, -0.1) is 0 Å². The highest BCUT2D eigenvalue weighted by molar-refractivity contribution is 5.88. The van der Waals surface area contributed by atoms with E-state index in [1.165, 1.54) is 15.9 Å². The van der Waals surface area contributed by atoms with Crippen LogP contribution in [0.25, 0.3) is 0 Å². The van der Waals surface area contributed by atoms with Gasteiger partial charge in [0.2, 0.25) is 6.23 Å². The Kier molecular flexibility index (Phi) is 6.69. The molecule has 0 radical (unpaired) electrons. The number of benzene rings is 2. The number of hydrogen-bond acceptors (Lipinski definition) is 5. The first-order chi connectivity index (χ1) is 14.5. The molecule has 2 amide bonds. The van der Waals surface area contributed by atoms with Gasteiger partial charge in [0.25, 0.3) is 0 Å². The third-order valence-corrected chi connectivity index (χ3v) is 4.60. The van der Waals surface area contributed by atoms with Gasteiger partial charge >= 0.3 is 18.2 Å². The summed E-state index contributed by atoms with van der Waals surface area (Å²) in [6.07, 6.45) is -1.55. The van der Waals surface area contributed by atoms with Crippen molar-refractivity contribution in [1.29, 1.82) is 0 Å². The molecular weight excluding hydrogens is 388 g/mol. The molecule has 0 aromatic heterocycles. The first kappa shape index (κ1) is 20.9. The average molecular weight is 410 g/mol. The number of carboxylic acid groups (broad SMARTS) is 1. The van der Waals surface area contributed by atoms with Crippen LogP contribution < -0.4 is 0 Å². The van der Waals surface area contributed by atoms with Crippen LogP contribution in [0.15, 0.2) is 73.3 Å². The van der Waals surface area contributed by atoms with Gasteiger partial charge in [-0.25, -0.2) is 14.4 Å². The second-order valence-corrected chi connectivity index (χ2v) is 6.65. The molecule has 2 aromatic rings. The Morgan fingerprint density at radius 2 is 1.50 bits per heavy atom. The lowest BCUT2D eigenvalue weighted by Gasteiger charge is -2.25. The first-order valence-electron chi connectivity index (χ1n) is 9.33. The van der Waals surface area contributed by atoms with Crippen LogP contribution >= 0.6 is 0 Å². The van der Waals surface area contributed by atoms with E-state index in [2.05, 4.69) is 6.58 Å². The van der Waals surface area contributed by atoms with Crippen LogP contribution in [0.3, 0.4) is 0 Å². The lowest BCUT2D eigenvalue weighted by molar-refractivity contribution is -0.152. The van der Waals surface area contributed by atoms with Gasteiger partial charge in [0.05, 0.1) is 6.54 Å². The lowest BCUT2D eigenvalue weighted by atomic mass is 10.1. The fourth-order valence-electron chi connectivity index (χ4n) is 3.30. The minimum Gasteiger partial charge on any atom is -0.460 e. The van der Waals surface area contributed by atoms with Crippen molar-refractivity contribution in [3.05, 3.63) is 84.4 Å². The summed E-state index contributed by atoms with van der Waals surface area (Å²) in [5.41, 5.74) is 1.55. The quantitative estimate of drug-likeness (QED) is 0.530. The van der Waals surface area contributed by atoms with Gasteiger partial charge in [-0.1, -0.05) is 73.3 Å². The van der Waals surface area contributed by atoms with E-state index in [0.29, 0.717) is 0 Å². The van der Waals surface area contributed by atoms with Crippen LogP contribution in [0, 0.1) is 0 Å². The Bertz CT molecular complexity index is 902. The SMILES string of the molecule is C=CCOC(=O)[C@@H]1[C@@H](OC(=O)O)N(Cc2ccccc2)C(=O)N1Cc1ccccc1. The topological polar surface area (TPSA) is 96.4 Å². The Morgan fingerprint density at radius 1 is 0.967 bits per heavy atom. The predicted molar refractivity (Wildman–Crippen MR) is 107 cm³/mol. The predicted octanol–water partition coefficient (Wildman–Crippen LogP) is 3.24. The third kappa shape index (κ3) is 4.78. The number of esters is 1. The molecule has 156 valence electrons. The van der Waals surface area contributed by atoms with Crippen molar-refractivity contribution in [3.8, 4) is 0 Å². The monoisotopic (exact) mass is 410 g/mol. The van der Waals surface area contributed by atoms with Gasteiger partial charge in [-0.3, -0.25) is 4.90 Å². The Morgan fingerprint density at radius 3 is 2.00 bits per heavy atom. The summed E-state index contributed by atoms with van der Waals surface area (Å²) in [5.74, 6) is -0.763. The highest BCUT2D eigenvalue weighted by Crippen LogP contribution is 2.29. The van der Waals surface area contributed by atoms with Gasteiger partial charge in [0, 0.05) is 6.54 Å². The van der Waals surface area contributed by atoms with Gasteiger partial charge in [0.15, 0.2) is 6.04 Å². The third-order valence-electron chi connectivity index (χ3n) is 4.60. The Labute approximate surface area is 173 Å². The molecule has 8 heteroatoms. The van der Waals surface area contributed by atoms with Crippen molar-refractivity contribution in [1.82, 2.24) is 9.80 Å². The number of amides is 2. The van der Waals surface area contributed by atoms with E-state index in [0.717, 1.165) is 11.1 Å². The maximum absolute atomic E-state index is 13.2. The molecule has 0 spiro atoms. The zero-order valence-electron chi connectivity index (χ0n) is 16.2. The largest absolute Gasteiger partial charge is 0.507 e. The molecule has 1 aliphatic heterocycles. The van der Waals surface area contributed by atoms with Gasteiger partial charge in [0.1, 0.15) is 6.61 Å². The Hall–Kier alpha value is -3.81. The summed E-state index contributed by atoms with van der Waals surface area (Å²) < 4.78 is 10.2. The first-order valence-corrected chi connectivity index (χ1v) is 9.33. The van der Waals surface area contributed by atoms with E-state index in [1.54, 1.807) is 24.3 Å². The van der Waals surface area contributed by atoms with Crippen LogP contribution in [0.5, 0.6) is 0 Å². The molecule has 1 aliphatic rings. The number of carbonyl (C=O) groups excluding carboxylic acids is 2. The average Bonchev–Trinajstić information content (AvgIpc) is 2.98.